The van der Waals surface area contributed by atoms with Crippen LogP contribution in [-0.2, 0) is 11.2 Å². The van der Waals surface area contributed by atoms with Crippen molar-refractivity contribution in [1.29, 1.82) is 0 Å². The van der Waals surface area contributed by atoms with Crippen molar-refractivity contribution in [3.63, 3.8) is 0 Å². The Morgan fingerprint density at radius 1 is 1.40 bits per heavy atom. The number of carbonyl (C=O) groups excluding carboxylic acids is 1. The van der Waals surface area contributed by atoms with Crippen molar-refractivity contribution in [1.82, 2.24) is 20.3 Å². The van der Waals surface area contributed by atoms with Gasteiger partial charge < -0.3 is 21.1 Å². The van der Waals surface area contributed by atoms with Crippen molar-refractivity contribution in [2.75, 3.05) is 5.73 Å². The van der Waals surface area contributed by atoms with E-state index in [1.165, 1.54) is 30.9 Å². The molecule has 0 saturated heterocycles. The first-order valence-corrected chi connectivity index (χ1v) is 5.78. The minimum absolute atomic E-state index is 0.107. The van der Waals surface area contributed by atoms with Crippen molar-refractivity contribution >= 4 is 17.6 Å². The first kappa shape index (κ1) is 13.5. The van der Waals surface area contributed by atoms with Crippen LogP contribution in [0, 0.1) is 0 Å². The second-order valence-electron chi connectivity index (χ2n) is 4.12. The third-order valence-corrected chi connectivity index (χ3v) is 2.60. The Bertz CT molecular complexity index is 594. The summed E-state index contributed by atoms with van der Waals surface area (Å²) in [7, 11) is 0. The van der Waals surface area contributed by atoms with E-state index in [1.54, 1.807) is 0 Å². The Labute approximate surface area is 114 Å². The second kappa shape index (κ2) is 5.83. The fourth-order valence-corrected chi connectivity index (χ4v) is 1.59. The molecule has 20 heavy (non-hydrogen) atoms. The molecule has 0 spiro atoms. The Hall–Kier alpha value is -2.90. The number of carbonyl (C=O) groups is 2. The Kier molecular flexibility index (Phi) is 3.94. The zero-order chi connectivity index (χ0) is 14.5. The number of nitrogen functional groups attached to an aromatic ring is 1. The molecule has 5 N–H and O–H groups in total. The van der Waals surface area contributed by atoms with Crippen LogP contribution in [-0.4, -0.2) is 38.0 Å². The van der Waals surface area contributed by atoms with Gasteiger partial charge in [-0.2, -0.15) is 0 Å². The smallest absolute Gasteiger partial charge is 0.326 e. The molecule has 2 heterocycles. The normalized spacial score (nSPS) is 11.8. The van der Waals surface area contributed by atoms with Gasteiger partial charge in [0.15, 0.2) is 0 Å². The first-order valence-electron chi connectivity index (χ1n) is 5.78. The van der Waals surface area contributed by atoms with Gasteiger partial charge in [0.2, 0.25) is 0 Å². The maximum absolute atomic E-state index is 11.9. The summed E-state index contributed by atoms with van der Waals surface area (Å²) in [5, 5.41) is 11.5. The number of amides is 1. The van der Waals surface area contributed by atoms with Crippen LogP contribution in [0.3, 0.4) is 0 Å². The number of nitrogens with two attached hydrogens (primary N) is 1. The monoisotopic (exact) mass is 275 g/mol. The van der Waals surface area contributed by atoms with Gasteiger partial charge in [0.05, 0.1) is 18.2 Å². The van der Waals surface area contributed by atoms with Gasteiger partial charge >= 0.3 is 5.97 Å². The molecule has 0 saturated carbocycles. The zero-order valence-electron chi connectivity index (χ0n) is 10.4. The summed E-state index contributed by atoms with van der Waals surface area (Å²) in [5.41, 5.74) is 6.61. The van der Waals surface area contributed by atoms with Crippen LogP contribution in [0.2, 0.25) is 0 Å². The Balaban J connectivity index is 2.06. The number of carboxylic acid groups (broad SMARTS) is 1. The molecule has 104 valence electrons. The van der Waals surface area contributed by atoms with E-state index in [4.69, 9.17) is 10.8 Å². The lowest BCUT2D eigenvalue weighted by Crippen LogP contribution is -2.42. The van der Waals surface area contributed by atoms with Crippen LogP contribution >= 0.6 is 0 Å². The molecule has 0 fully saturated rings. The zero-order valence-corrected chi connectivity index (χ0v) is 10.4. The number of nitrogens with zero attached hydrogens (tertiary/aromatic N) is 2. The molecule has 0 aliphatic carbocycles. The summed E-state index contributed by atoms with van der Waals surface area (Å²) in [6.45, 7) is 0. The Morgan fingerprint density at radius 2 is 2.20 bits per heavy atom. The SMILES string of the molecule is Nc1ccc(C(=O)N[C@@H](Cc2cnc[nH]2)C(=O)O)nc1. The van der Waals surface area contributed by atoms with Crippen molar-refractivity contribution in [3.8, 4) is 0 Å². The average Bonchev–Trinajstić information content (AvgIpc) is 2.91. The van der Waals surface area contributed by atoms with Gasteiger partial charge in [-0.05, 0) is 12.1 Å². The molecule has 2 aromatic rings. The maximum atomic E-state index is 11.9. The minimum atomic E-state index is -1.14. The highest BCUT2D eigenvalue weighted by Crippen LogP contribution is 2.03. The summed E-state index contributed by atoms with van der Waals surface area (Å²) in [4.78, 5) is 33.5. The van der Waals surface area contributed by atoms with Gasteiger partial charge in [0.25, 0.3) is 5.91 Å². The third-order valence-electron chi connectivity index (χ3n) is 2.60. The molecule has 1 amide bonds. The number of aromatic nitrogens is 3. The fourth-order valence-electron chi connectivity index (χ4n) is 1.59. The molecular weight excluding hydrogens is 262 g/mol. The number of pyridine rings is 1. The highest BCUT2D eigenvalue weighted by atomic mass is 16.4. The fraction of sp³-hybridized carbons (Fsp3) is 0.167. The van der Waals surface area contributed by atoms with E-state index in [0.29, 0.717) is 11.4 Å². The summed E-state index contributed by atoms with van der Waals surface area (Å²) >= 11 is 0. The van der Waals surface area contributed by atoms with Crippen LogP contribution in [0.5, 0.6) is 0 Å². The third kappa shape index (κ3) is 3.31. The summed E-state index contributed by atoms with van der Waals surface area (Å²) < 4.78 is 0. The van der Waals surface area contributed by atoms with Crippen LogP contribution in [0.1, 0.15) is 16.2 Å². The lowest BCUT2D eigenvalue weighted by molar-refractivity contribution is -0.139. The molecular formula is C12H13N5O3. The van der Waals surface area contributed by atoms with Crippen LogP contribution in [0.15, 0.2) is 30.9 Å². The summed E-state index contributed by atoms with van der Waals surface area (Å²) in [6, 6.07) is 1.88. The van der Waals surface area contributed by atoms with E-state index in [2.05, 4.69) is 20.3 Å². The number of anilines is 1. The number of carboxylic acids is 1. The number of rotatable bonds is 5. The maximum Gasteiger partial charge on any atom is 0.326 e. The van der Waals surface area contributed by atoms with Crippen molar-refractivity contribution in [3.05, 3.63) is 42.2 Å². The van der Waals surface area contributed by atoms with Gasteiger partial charge in [-0.25, -0.2) is 14.8 Å². The number of aliphatic carboxylic acids is 1. The molecule has 0 bridgehead atoms. The number of hydrogen-bond donors (Lipinski definition) is 4. The van der Waals surface area contributed by atoms with Gasteiger partial charge in [-0.3, -0.25) is 4.79 Å². The van der Waals surface area contributed by atoms with Gasteiger partial charge in [-0.15, -0.1) is 0 Å². The topological polar surface area (TPSA) is 134 Å². The molecule has 0 radical (unpaired) electrons. The number of nitrogens with one attached hydrogen (secondary N) is 2. The molecule has 2 rings (SSSR count). The van der Waals surface area contributed by atoms with Crippen LogP contribution in [0.25, 0.3) is 0 Å². The quantitative estimate of drug-likeness (QED) is 0.597. The van der Waals surface area contributed by atoms with E-state index in [1.807, 2.05) is 0 Å². The standard InChI is InChI=1S/C12H13N5O3/c13-7-1-2-9(15-4-7)11(18)17-10(12(19)20)3-8-5-14-6-16-8/h1-2,4-6,10H,3,13H2,(H,14,16)(H,17,18)(H,19,20)/t10-/m0/s1. The molecule has 0 aliphatic rings. The lowest BCUT2D eigenvalue weighted by Gasteiger charge is -2.13. The molecule has 0 unspecified atom stereocenters. The van der Waals surface area contributed by atoms with Crippen molar-refractivity contribution in [2.45, 2.75) is 12.5 Å². The summed E-state index contributed by atoms with van der Waals surface area (Å²) in [6.07, 6.45) is 4.39. The van der Waals surface area contributed by atoms with E-state index >= 15 is 0 Å². The largest absolute Gasteiger partial charge is 0.480 e. The summed E-state index contributed by atoms with van der Waals surface area (Å²) in [5.74, 6) is -1.71. The van der Waals surface area contributed by atoms with Crippen molar-refractivity contribution < 1.29 is 14.7 Å². The highest BCUT2D eigenvalue weighted by molar-refractivity contribution is 5.95. The molecule has 1 atom stereocenters. The number of imidazole rings is 1. The molecule has 2 aromatic heterocycles. The van der Waals surface area contributed by atoms with E-state index < -0.39 is 17.9 Å². The van der Waals surface area contributed by atoms with Crippen LogP contribution < -0.4 is 11.1 Å². The van der Waals surface area contributed by atoms with E-state index in [0.717, 1.165) is 0 Å². The van der Waals surface area contributed by atoms with Gasteiger partial charge in [0.1, 0.15) is 11.7 Å². The van der Waals surface area contributed by atoms with Crippen molar-refractivity contribution in [2.24, 2.45) is 0 Å². The van der Waals surface area contributed by atoms with Gasteiger partial charge in [-0.1, -0.05) is 0 Å². The Morgan fingerprint density at radius 3 is 2.75 bits per heavy atom. The first-order chi connectivity index (χ1) is 9.56. The average molecular weight is 275 g/mol. The lowest BCUT2D eigenvalue weighted by atomic mass is 10.1. The number of hydrogen-bond acceptors (Lipinski definition) is 5. The predicted molar refractivity (Wildman–Crippen MR) is 69.8 cm³/mol. The van der Waals surface area contributed by atoms with Crippen LogP contribution in [0.4, 0.5) is 5.69 Å². The molecule has 0 aromatic carbocycles. The van der Waals surface area contributed by atoms with Gasteiger partial charge in [0, 0.05) is 18.3 Å². The second-order valence-corrected chi connectivity index (χ2v) is 4.12. The molecule has 0 aliphatic heterocycles. The number of H-pyrrole nitrogens is 1. The minimum Gasteiger partial charge on any atom is -0.480 e. The van der Waals surface area contributed by atoms with E-state index in [-0.39, 0.29) is 12.1 Å². The number of aromatic amines is 1. The predicted octanol–water partition coefficient (Wildman–Crippen LogP) is -0.187. The molecule has 8 heteroatoms. The molecule has 8 nitrogen and oxygen atoms in total. The highest BCUT2D eigenvalue weighted by Gasteiger charge is 2.22. The van der Waals surface area contributed by atoms with E-state index in [9.17, 15) is 9.59 Å².